The van der Waals surface area contributed by atoms with Gasteiger partial charge < -0.3 is 9.84 Å². The van der Waals surface area contributed by atoms with E-state index in [9.17, 15) is 9.59 Å². The highest BCUT2D eigenvalue weighted by molar-refractivity contribution is 6.07. The maximum atomic E-state index is 12.9. The molecule has 1 atom stereocenters. The second-order valence-electron chi connectivity index (χ2n) is 6.28. The average Bonchev–Trinajstić information content (AvgIpc) is 3.05. The van der Waals surface area contributed by atoms with Gasteiger partial charge in [0.05, 0.1) is 12.2 Å². The normalized spacial score (nSPS) is 23.3. The fourth-order valence-corrected chi connectivity index (χ4v) is 3.49. The van der Waals surface area contributed by atoms with E-state index in [1.165, 1.54) is 10.5 Å². The number of aryl methyl sites for hydroxylation is 2. The minimum atomic E-state index is -0.819. The van der Waals surface area contributed by atoms with Gasteiger partial charge in [0.1, 0.15) is 5.54 Å². The molecule has 4 rings (SSSR count). The lowest BCUT2D eigenvalue weighted by Gasteiger charge is -2.32. The van der Waals surface area contributed by atoms with Crippen molar-refractivity contribution in [2.45, 2.75) is 38.3 Å². The van der Waals surface area contributed by atoms with Gasteiger partial charge in [0.25, 0.3) is 5.91 Å². The first-order chi connectivity index (χ1) is 11.1. The third-order valence-corrected chi connectivity index (χ3v) is 4.67. The summed E-state index contributed by atoms with van der Waals surface area (Å²) in [6.45, 7) is 1.92. The lowest BCUT2D eigenvalue weighted by molar-refractivity contribution is -0.132. The molecule has 0 saturated carbocycles. The van der Waals surface area contributed by atoms with Crippen molar-refractivity contribution >= 4 is 11.9 Å². The Balaban J connectivity index is 1.60. The third-order valence-electron chi connectivity index (χ3n) is 4.67. The highest BCUT2D eigenvalue weighted by Crippen LogP contribution is 2.34. The molecular formula is C17H17N3O3. The van der Waals surface area contributed by atoms with Crippen LogP contribution in [0, 0.1) is 6.92 Å². The molecule has 3 amide bonds. The van der Waals surface area contributed by atoms with Gasteiger partial charge in [0.2, 0.25) is 0 Å². The zero-order valence-corrected chi connectivity index (χ0v) is 12.8. The molecule has 1 aliphatic carbocycles. The van der Waals surface area contributed by atoms with Crippen LogP contribution in [0.25, 0.3) is 0 Å². The van der Waals surface area contributed by atoms with Crippen LogP contribution >= 0.6 is 0 Å². The van der Waals surface area contributed by atoms with Crippen LogP contribution in [0.1, 0.15) is 29.0 Å². The Kier molecular flexibility index (Phi) is 3.01. The van der Waals surface area contributed by atoms with Gasteiger partial charge in [-0.3, -0.25) is 9.69 Å². The van der Waals surface area contributed by atoms with Crippen molar-refractivity contribution in [2.24, 2.45) is 0 Å². The summed E-state index contributed by atoms with van der Waals surface area (Å²) in [4.78, 5) is 26.4. The molecule has 0 unspecified atom stereocenters. The molecule has 23 heavy (non-hydrogen) atoms. The number of aromatic nitrogens is 1. The van der Waals surface area contributed by atoms with Gasteiger partial charge in [0, 0.05) is 12.5 Å². The number of carbonyl (C=O) groups is 2. The number of hydrogen-bond donors (Lipinski definition) is 1. The van der Waals surface area contributed by atoms with Gasteiger partial charge in [-0.2, -0.15) is 0 Å². The van der Waals surface area contributed by atoms with Gasteiger partial charge in [-0.05, 0) is 30.9 Å². The lowest BCUT2D eigenvalue weighted by atomic mass is 9.78. The highest BCUT2D eigenvalue weighted by atomic mass is 16.5. The zero-order chi connectivity index (χ0) is 16.0. The van der Waals surface area contributed by atoms with Crippen molar-refractivity contribution in [1.29, 1.82) is 0 Å². The number of urea groups is 1. The van der Waals surface area contributed by atoms with Gasteiger partial charge >= 0.3 is 6.03 Å². The van der Waals surface area contributed by atoms with Crippen LogP contribution in [-0.4, -0.2) is 27.5 Å². The fourth-order valence-electron chi connectivity index (χ4n) is 3.49. The van der Waals surface area contributed by atoms with Gasteiger partial charge in [-0.15, -0.1) is 0 Å². The van der Waals surface area contributed by atoms with Crippen LogP contribution in [0.5, 0.6) is 0 Å². The number of fused-ring (bicyclic) bond motifs is 1. The molecule has 6 heteroatoms. The number of amides is 3. The number of imide groups is 1. The summed E-state index contributed by atoms with van der Waals surface area (Å²) in [7, 11) is 0. The van der Waals surface area contributed by atoms with Crippen molar-refractivity contribution in [1.82, 2.24) is 15.4 Å². The summed E-state index contributed by atoms with van der Waals surface area (Å²) in [5.74, 6) is 0.338. The second-order valence-corrected chi connectivity index (χ2v) is 6.28. The monoisotopic (exact) mass is 311 g/mol. The van der Waals surface area contributed by atoms with Crippen molar-refractivity contribution in [3.8, 4) is 0 Å². The summed E-state index contributed by atoms with van der Waals surface area (Å²) in [5, 5.41) is 6.71. The van der Waals surface area contributed by atoms with Gasteiger partial charge in [-0.25, -0.2) is 4.79 Å². The molecule has 0 bridgehead atoms. The van der Waals surface area contributed by atoms with E-state index in [2.05, 4.69) is 16.5 Å². The van der Waals surface area contributed by atoms with E-state index in [1.807, 2.05) is 18.2 Å². The van der Waals surface area contributed by atoms with Crippen molar-refractivity contribution in [3.05, 3.63) is 52.9 Å². The second kappa shape index (κ2) is 4.94. The molecule has 1 saturated heterocycles. The summed E-state index contributed by atoms with van der Waals surface area (Å²) >= 11 is 0. The largest absolute Gasteiger partial charge is 0.359 e. The SMILES string of the molecule is Cc1cc(CN2C(=O)N[C@]3(CCc4ccccc4C3)C2=O)on1. The van der Waals surface area contributed by atoms with E-state index in [0.29, 0.717) is 18.6 Å². The van der Waals surface area contributed by atoms with E-state index in [4.69, 9.17) is 4.52 Å². The minimum absolute atomic E-state index is 0.120. The van der Waals surface area contributed by atoms with E-state index in [-0.39, 0.29) is 18.5 Å². The molecule has 1 aromatic heterocycles. The minimum Gasteiger partial charge on any atom is -0.359 e. The van der Waals surface area contributed by atoms with Crippen LogP contribution in [0.4, 0.5) is 4.79 Å². The molecule has 2 aromatic rings. The molecule has 1 aromatic carbocycles. The van der Waals surface area contributed by atoms with Crippen molar-refractivity contribution in [3.63, 3.8) is 0 Å². The molecular weight excluding hydrogens is 294 g/mol. The molecule has 1 N–H and O–H groups in total. The van der Waals surface area contributed by atoms with E-state index in [0.717, 1.165) is 17.7 Å². The molecule has 1 aliphatic heterocycles. The van der Waals surface area contributed by atoms with Crippen LogP contribution < -0.4 is 5.32 Å². The zero-order valence-electron chi connectivity index (χ0n) is 12.8. The van der Waals surface area contributed by atoms with Crippen LogP contribution in [0.2, 0.25) is 0 Å². The van der Waals surface area contributed by atoms with Crippen LogP contribution in [0.15, 0.2) is 34.9 Å². The Bertz CT molecular complexity index is 798. The standard InChI is InChI=1S/C17H17N3O3/c1-11-8-14(23-19-11)10-20-15(21)17(18-16(20)22)7-6-12-4-2-3-5-13(12)9-17/h2-5,8H,6-7,9-10H2,1H3,(H,18,22)/t17-/m0/s1. The number of benzene rings is 1. The Morgan fingerprint density at radius 2 is 2.09 bits per heavy atom. The van der Waals surface area contributed by atoms with E-state index >= 15 is 0 Å². The molecule has 6 nitrogen and oxygen atoms in total. The van der Waals surface area contributed by atoms with Gasteiger partial charge in [-0.1, -0.05) is 29.4 Å². The van der Waals surface area contributed by atoms with Crippen molar-refractivity contribution in [2.75, 3.05) is 0 Å². The highest BCUT2D eigenvalue weighted by Gasteiger charge is 2.52. The maximum Gasteiger partial charge on any atom is 0.325 e. The molecule has 1 fully saturated rings. The Labute approximate surface area is 133 Å². The summed E-state index contributed by atoms with van der Waals surface area (Å²) < 4.78 is 5.13. The van der Waals surface area contributed by atoms with E-state index < -0.39 is 5.54 Å². The molecule has 2 heterocycles. The van der Waals surface area contributed by atoms with Crippen LogP contribution in [0.3, 0.4) is 0 Å². The first-order valence-electron chi connectivity index (χ1n) is 7.70. The topological polar surface area (TPSA) is 75.4 Å². The predicted molar refractivity (Wildman–Crippen MR) is 81.5 cm³/mol. The van der Waals surface area contributed by atoms with E-state index in [1.54, 1.807) is 13.0 Å². The van der Waals surface area contributed by atoms with Gasteiger partial charge in [0.15, 0.2) is 5.76 Å². The predicted octanol–water partition coefficient (Wildman–Crippen LogP) is 1.96. The quantitative estimate of drug-likeness (QED) is 0.860. The molecule has 118 valence electrons. The summed E-state index contributed by atoms with van der Waals surface area (Å²) in [6, 6.07) is 9.46. The third kappa shape index (κ3) is 2.21. The number of nitrogens with one attached hydrogen (secondary N) is 1. The number of nitrogens with zero attached hydrogens (tertiary/aromatic N) is 2. The Morgan fingerprint density at radius 3 is 2.83 bits per heavy atom. The van der Waals surface area contributed by atoms with Crippen molar-refractivity contribution < 1.29 is 14.1 Å². The maximum absolute atomic E-state index is 12.9. The number of hydrogen-bond acceptors (Lipinski definition) is 4. The fraction of sp³-hybridized carbons (Fsp3) is 0.353. The molecule has 1 spiro atoms. The lowest BCUT2D eigenvalue weighted by Crippen LogP contribution is -2.51. The summed E-state index contributed by atoms with van der Waals surface area (Å²) in [6.07, 6.45) is 1.96. The molecule has 2 aliphatic rings. The molecule has 0 radical (unpaired) electrons. The first kappa shape index (κ1) is 14.0. The summed E-state index contributed by atoms with van der Waals surface area (Å²) in [5.41, 5.74) is 2.29. The van der Waals surface area contributed by atoms with Crippen LogP contribution in [-0.2, 0) is 24.2 Å². The Morgan fingerprint density at radius 1 is 1.30 bits per heavy atom. The Hall–Kier alpha value is -2.63. The smallest absolute Gasteiger partial charge is 0.325 e. The average molecular weight is 311 g/mol. The number of rotatable bonds is 2. The first-order valence-corrected chi connectivity index (χ1v) is 7.70. The number of carbonyl (C=O) groups excluding carboxylic acids is 2.